The van der Waals surface area contributed by atoms with Crippen LogP contribution in [0, 0.1) is 0 Å². The highest BCUT2D eigenvalue weighted by atomic mass is 32.2. The number of carbonyl (C=O) groups excluding carboxylic acids is 1. The molecule has 28 heavy (non-hydrogen) atoms. The summed E-state index contributed by atoms with van der Waals surface area (Å²) in [7, 11) is -0.827. The zero-order chi connectivity index (χ0) is 20.5. The van der Waals surface area contributed by atoms with Gasteiger partial charge in [0, 0.05) is 20.2 Å². The molecule has 1 heterocycles. The second-order valence-electron chi connectivity index (χ2n) is 6.57. The van der Waals surface area contributed by atoms with Gasteiger partial charge in [0.15, 0.2) is 5.58 Å². The Balaban J connectivity index is 1.85. The fraction of sp³-hybridized carbons (Fsp3) is 0.263. The highest BCUT2D eigenvalue weighted by Crippen LogP contribution is 2.20. The standard InChI is InChI=1S/C19H21N3O5S/c1-13(14-7-5-4-6-8-14)20-18(23)12-22-16-10-9-15(28(25,26)21(2)3)11-17(16)27-19(22)24/h4-11,13H,12H2,1-3H3,(H,20,23). The minimum atomic E-state index is -3.66. The van der Waals surface area contributed by atoms with Gasteiger partial charge in [0.05, 0.1) is 16.5 Å². The lowest BCUT2D eigenvalue weighted by molar-refractivity contribution is -0.122. The predicted molar refractivity (Wildman–Crippen MR) is 104 cm³/mol. The van der Waals surface area contributed by atoms with Gasteiger partial charge in [-0.2, -0.15) is 0 Å². The fourth-order valence-electron chi connectivity index (χ4n) is 2.82. The van der Waals surface area contributed by atoms with Crippen molar-refractivity contribution in [1.29, 1.82) is 0 Å². The molecule has 3 rings (SSSR count). The summed E-state index contributed by atoms with van der Waals surface area (Å²) in [4.78, 5) is 24.6. The van der Waals surface area contributed by atoms with E-state index >= 15 is 0 Å². The molecular weight excluding hydrogens is 382 g/mol. The Morgan fingerprint density at radius 1 is 1.18 bits per heavy atom. The Labute approximate surface area is 162 Å². The lowest BCUT2D eigenvalue weighted by Crippen LogP contribution is -2.32. The maximum atomic E-state index is 12.4. The molecule has 0 saturated carbocycles. The minimum absolute atomic E-state index is 0.00745. The van der Waals surface area contributed by atoms with Crippen LogP contribution in [-0.4, -0.2) is 37.3 Å². The van der Waals surface area contributed by atoms with Crippen LogP contribution in [0.25, 0.3) is 11.1 Å². The quantitative estimate of drug-likeness (QED) is 0.675. The number of rotatable bonds is 6. The van der Waals surface area contributed by atoms with Crippen LogP contribution >= 0.6 is 0 Å². The van der Waals surface area contributed by atoms with Crippen LogP contribution in [0.5, 0.6) is 0 Å². The molecule has 0 spiro atoms. The fourth-order valence-corrected chi connectivity index (χ4v) is 3.74. The molecule has 0 aliphatic heterocycles. The number of fused-ring (bicyclic) bond motifs is 1. The number of sulfonamides is 1. The summed E-state index contributed by atoms with van der Waals surface area (Å²) in [6.07, 6.45) is 0. The first-order valence-corrected chi connectivity index (χ1v) is 10.0. The number of oxazole rings is 1. The van der Waals surface area contributed by atoms with Crippen molar-refractivity contribution in [3.8, 4) is 0 Å². The van der Waals surface area contributed by atoms with E-state index in [1.165, 1.54) is 36.9 Å². The lowest BCUT2D eigenvalue weighted by atomic mass is 10.1. The molecule has 0 radical (unpaired) electrons. The van der Waals surface area contributed by atoms with Crippen LogP contribution < -0.4 is 11.1 Å². The monoisotopic (exact) mass is 403 g/mol. The average molecular weight is 403 g/mol. The first-order chi connectivity index (χ1) is 13.2. The molecule has 0 fully saturated rings. The number of aromatic nitrogens is 1. The number of nitrogens with zero attached hydrogens (tertiary/aromatic N) is 2. The van der Waals surface area contributed by atoms with E-state index in [1.54, 1.807) is 0 Å². The summed E-state index contributed by atoms with van der Waals surface area (Å²) in [5.74, 6) is -1.08. The van der Waals surface area contributed by atoms with Gasteiger partial charge in [-0.15, -0.1) is 0 Å². The Hall–Kier alpha value is -2.91. The Morgan fingerprint density at radius 3 is 2.50 bits per heavy atom. The summed E-state index contributed by atoms with van der Waals surface area (Å²) in [5, 5.41) is 2.83. The first-order valence-electron chi connectivity index (χ1n) is 8.60. The molecule has 1 atom stereocenters. The molecule has 2 aromatic carbocycles. The van der Waals surface area contributed by atoms with E-state index in [2.05, 4.69) is 5.32 Å². The topological polar surface area (TPSA) is 102 Å². The summed E-state index contributed by atoms with van der Waals surface area (Å²) < 4.78 is 31.9. The van der Waals surface area contributed by atoms with E-state index in [4.69, 9.17) is 4.42 Å². The first kappa shape index (κ1) is 19.8. The second-order valence-corrected chi connectivity index (χ2v) is 8.72. The molecule has 9 heteroatoms. The van der Waals surface area contributed by atoms with Crippen LogP contribution in [0.4, 0.5) is 0 Å². The van der Waals surface area contributed by atoms with E-state index in [9.17, 15) is 18.0 Å². The Kier molecular flexibility index (Phi) is 5.39. The molecule has 1 unspecified atom stereocenters. The minimum Gasteiger partial charge on any atom is -0.408 e. The SMILES string of the molecule is CC(NC(=O)Cn1c(=O)oc2cc(S(=O)(=O)N(C)C)ccc21)c1ccccc1. The lowest BCUT2D eigenvalue weighted by Gasteiger charge is -2.14. The smallest absolute Gasteiger partial charge is 0.408 e. The molecule has 0 saturated heterocycles. The van der Waals surface area contributed by atoms with Crippen molar-refractivity contribution in [2.75, 3.05) is 14.1 Å². The van der Waals surface area contributed by atoms with Gasteiger partial charge in [-0.05, 0) is 24.6 Å². The second kappa shape index (κ2) is 7.61. The largest absolute Gasteiger partial charge is 0.420 e. The van der Waals surface area contributed by atoms with E-state index in [0.717, 1.165) is 9.87 Å². The van der Waals surface area contributed by atoms with Gasteiger partial charge in [0.25, 0.3) is 0 Å². The van der Waals surface area contributed by atoms with Gasteiger partial charge in [-0.25, -0.2) is 17.5 Å². The highest BCUT2D eigenvalue weighted by molar-refractivity contribution is 7.89. The van der Waals surface area contributed by atoms with Crippen molar-refractivity contribution in [2.45, 2.75) is 24.4 Å². The van der Waals surface area contributed by atoms with E-state index in [0.29, 0.717) is 5.52 Å². The van der Waals surface area contributed by atoms with Gasteiger partial charge >= 0.3 is 5.76 Å². The highest BCUT2D eigenvalue weighted by Gasteiger charge is 2.20. The molecular formula is C19H21N3O5S. The number of hydrogen-bond donors (Lipinski definition) is 1. The molecule has 0 aliphatic rings. The van der Waals surface area contributed by atoms with Crippen molar-refractivity contribution < 1.29 is 17.6 Å². The number of amides is 1. The third-order valence-corrected chi connectivity index (χ3v) is 6.21. The number of carbonyl (C=O) groups is 1. The molecule has 1 amide bonds. The molecule has 148 valence electrons. The van der Waals surface area contributed by atoms with Crippen LogP contribution in [-0.2, 0) is 21.4 Å². The molecule has 1 N–H and O–H groups in total. The molecule has 8 nitrogen and oxygen atoms in total. The van der Waals surface area contributed by atoms with Crippen molar-refractivity contribution in [3.05, 3.63) is 64.6 Å². The molecule has 3 aromatic rings. The van der Waals surface area contributed by atoms with Gasteiger partial charge in [-0.1, -0.05) is 30.3 Å². The Bertz CT molecular complexity index is 1160. The summed E-state index contributed by atoms with van der Waals surface area (Å²) >= 11 is 0. The van der Waals surface area contributed by atoms with Crippen molar-refractivity contribution in [2.24, 2.45) is 0 Å². The third-order valence-electron chi connectivity index (χ3n) is 4.40. The normalized spacial score (nSPS) is 13.0. The van der Waals surface area contributed by atoms with Gasteiger partial charge in [0.1, 0.15) is 6.54 Å². The van der Waals surface area contributed by atoms with Crippen molar-refractivity contribution >= 4 is 27.0 Å². The average Bonchev–Trinajstić information content (AvgIpc) is 2.96. The Morgan fingerprint density at radius 2 is 1.86 bits per heavy atom. The van der Waals surface area contributed by atoms with E-state index < -0.39 is 15.8 Å². The zero-order valence-electron chi connectivity index (χ0n) is 15.7. The van der Waals surface area contributed by atoms with E-state index in [1.807, 2.05) is 37.3 Å². The van der Waals surface area contributed by atoms with Crippen LogP contribution in [0.3, 0.4) is 0 Å². The maximum absolute atomic E-state index is 12.4. The van der Waals surface area contributed by atoms with Gasteiger partial charge in [-0.3, -0.25) is 9.36 Å². The molecule has 0 aliphatic carbocycles. The van der Waals surface area contributed by atoms with Crippen molar-refractivity contribution in [3.63, 3.8) is 0 Å². The van der Waals surface area contributed by atoms with Crippen LogP contribution in [0.15, 0.2) is 62.6 Å². The predicted octanol–water partition coefficient (Wildman–Crippen LogP) is 1.72. The van der Waals surface area contributed by atoms with Crippen LogP contribution in [0.1, 0.15) is 18.5 Å². The number of hydrogen-bond acceptors (Lipinski definition) is 5. The number of nitrogens with one attached hydrogen (secondary N) is 1. The third kappa shape index (κ3) is 3.85. The maximum Gasteiger partial charge on any atom is 0.420 e. The van der Waals surface area contributed by atoms with Gasteiger partial charge < -0.3 is 9.73 Å². The van der Waals surface area contributed by atoms with Gasteiger partial charge in [0.2, 0.25) is 15.9 Å². The van der Waals surface area contributed by atoms with Crippen molar-refractivity contribution in [1.82, 2.24) is 14.2 Å². The van der Waals surface area contributed by atoms with Crippen LogP contribution in [0.2, 0.25) is 0 Å². The summed E-state index contributed by atoms with van der Waals surface area (Å²) in [6, 6.07) is 13.4. The molecule has 0 bridgehead atoms. The number of benzene rings is 2. The zero-order valence-corrected chi connectivity index (χ0v) is 16.6. The molecule has 1 aromatic heterocycles. The summed E-state index contributed by atoms with van der Waals surface area (Å²) in [6.45, 7) is 1.62. The summed E-state index contributed by atoms with van der Waals surface area (Å²) in [5.41, 5.74) is 1.40. The van der Waals surface area contributed by atoms with E-state index in [-0.39, 0.29) is 29.0 Å².